The molecule has 0 saturated carbocycles. The van der Waals surface area contributed by atoms with Gasteiger partial charge in [0.2, 0.25) is 5.95 Å². The van der Waals surface area contributed by atoms with Crippen LogP contribution in [0.15, 0.2) is 30.6 Å². The van der Waals surface area contributed by atoms with Gasteiger partial charge < -0.3 is 16.0 Å². The summed E-state index contributed by atoms with van der Waals surface area (Å²) in [4.78, 5) is 15.7. The maximum absolute atomic E-state index is 5.77. The van der Waals surface area contributed by atoms with Crippen molar-refractivity contribution in [2.24, 2.45) is 0 Å². The van der Waals surface area contributed by atoms with E-state index in [1.54, 1.807) is 6.33 Å². The summed E-state index contributed by atoms with van der Waals surface area (Å²) in [6.45, 7) is 0. The molecule has 1 aliphatic rings. The molecule has 3 aromatic rings. The summed E-state index contributed by atoms with van der Waals surface area (Å²) in [6, 6.07) is 8.80. The molecule has 0 fully saturated rings. The molecule has 21 heavy (non-hydrogen) atoms. The van der Waals surface area contributed by atoms with Crippen molar-refractivity contribution in [2.45, 2.75) is 25.3 Å². The monoisotopic (exact) mass is 280 g/mol. The number of hydrogen-bond donors (Lipinski definition) is 3. The predicted octanol–water partition coefficient (Wildman–Crippen LogP) is 2.42. The molecule has 0 bridgehead atoms. The molecule has 0 amide bonds. The second-order valence-electron chi connectivity index (χ2n) is 5.32. The Balaban J connectivity index is 1.74. The third-order valence-corrected chi connectivity index (χ3v) is 3.98. The summed E-state index contributed by atoms with van der Waals surface area (Å²) in [5.74, 6) is 0.956. The van der Waals surface area contributed by atoms with Crippen LogP contribution in [-0.4, -0.2) is 19.9 Å². The van der Waals surface area contributed by atoms with Gasteiger partial charge in [-0.2, -0.15) is 9.97 Å². The highest BCUT2D eigenvalue weighted by Gasteiger charge is 2.21. The van der Waals surface area contributed by atoms with E-state index in [2.05, 4.69) is 49.5 Å². The molecule has 6 nitrogen and oxygen atoms in total. The van der Waals surface area contributed by atoms with Crippen LogP contribution in [0, 0.1) is 0 Å². The number of fused-ring (bicyclic) bond motifs is 2. The largest absolute Gasteiger partial charge is 0.368 e. The molecule has 1 unspecified atom stereocenters. The lowest BCUT2D eigenvalue weighted by atomic mass is 9.88. The second kappa shape index (κ2) is 4.73. The van der Waals surface area contributed by atoms with Gasteiger partial charge in [-0.3, -0.25) is 0 Å². The van der Waals surface area contributed by atoms with Gasteiger partial charge in [0.25, 0.3) is 0 Å². The van der Waals surface area contributed by atoms with Crippen LogP contribution in [0.5, 0.6) is 0 Å². The Labute approximate surface area is 121 Å². The molecule has 1 aromatic carbocycles. The van der Waals surface area contributed by atoms with Crippen molar-refractivity contribution in [3.8, 4) is 0 Å². The van der Waals surface area contributed by atoms with Crippen LogP contribution >= 0.6 is 0 Å². The van der Waals surface area contributed by atoms with Crippen molar-refractivity contribution in [1.82, 2.24) is 19.9 Å². The van der Waals surface area contributed by atoms with Crippen LogP contribution in [0.2, 0.25) is 0 Å². The fourth-order valence-corrected chi connectivity index (χ4v) is 3.02. The third-order valence-electron chi connectivity index (χ3n) is 3.98. The minimum absolute atomic E-state index is 0.237. The van der Waals surface area contributed by atoms with Gasteiger partial charge in [-0.15, -0.1) is 0 Å². The Morgan fingerprint density at radius 3 is 3.10 bits per heavy atom. The molecule has 2 heterocycles. The number of H-pyrrole nitrogens is 1. The SMILES string of the molecule is Nc1nc(NC2CCCc3ccccc32)c2[nH]cnc2n1. The number of benzene rings is 1. The fourth-order valence-electron chi connectivity index (χ4n) is 3.02. The molecule has 0 spiro atoms. The first-order chi connectivity index (χ1) is 10.3. The first kappa shape index (κ1) is 12.1. The first-order valence-electron chi connectivity index (χ1n) is 7.12. The van der Waals surface area contributed by atoms with Crippen molar-refractivity contribution in [3.63, 3.8) is 0 Å². The summed E-state index contributed by atoms with van der Waals surface area (Å²) >= 11 is 0. The number of nitrogens with one attached hydrogen (secondary N) is 2. The van der Waals surface area contributed by atoms with Crippen LogP contribution in [0.4, 0.5) is 11.8 Å². The van der Waals surface area contributed by atoms with E-state index in [4.69, 9.17) is 5.73 Å². The lowest BCUT2D eigenvalue weighted by Crippen LogP contribution is -2.18. The number of aromatic nitrogens is 4. The van der Waals surface area contributed by atoms with Gasteiger partial charge in [0.15, 0.2) is 11.5 Å². The summed E-state index contributed by atoms with van der Waals surface area (Å²) < 4.78 is 0. The maximum Gasteiger partial charge on any atom is 0.224 e. The number of nitrogens with zero attached hydrogens (tertiary/aromatic N) is 3. The minimum Gasteiger partial charge on any atom is -0.368 e. The zero-order valence-corrected chi connectivity index (χ0v) is 11.5. The molecule has 1 aliphatic carbocycles. The minimum atomic E-state index is 0.237. The van der Waals surface area contributed by atoms with Crippen molar-refractivity contribution >= 4 is 22.9 Å². The number of nitrogens with two attached hydrogens (primary N) is 1. The predicted molar refractivity (Wildman–Crippen MR) is 81.8 cm³/mol. The highest BCUT2D eigenvalue weighted by Crippen LogP contribution is 2.33. The van der Waals surface area contributed by atoms with Crippen LogP contribution in [0.1, 0.15) is 30.0 Å². The Morgan fingerprint density at radius 2 is 2.14 bits per heavy atom. The van der Waals surface area contributed by atoms with Crippen molar-refractivity contribution < 1.29 is 0 Å². The molecule has 4 N–H and O–H groups in total. The number of aromatic amines is 1. The van der Waals surface area contributed by atoms with Gasteiger partial charge in [-0.1, -0.05) is 24.3 Å². The zero-order valence-electron chi connectivity index (χ0n) is 11.5. The molecular weight excluding hydrogens is 264 g/mol. The van der Waals surface area contributed by atoms with Gasteiger partial charge in [0, 0.05) is 0 Å². The normalized spacial score (nSPS) is 17.6. The molecule has 2 aromatic heterocycles. The van der Waals surface area contributed by atoms with Gasteiger partial charge >= 0.3 is 0 Å². The van der Waals surface area contributed by atoms with E-state index in [0.717, 1.165) is 24.2 Å². The molecule has 0 aliphatic heterocycles. The van der Waals surface area contributed by atoms with E-state index >= 15 is 0 Å². The van der Waals surface area contributed by atoms with Gasteiger partial charge in [0.1, 0.15) is 5.52 Å². The molecule has 1 atom stereocenters. The Morgan fingerprint density at radius 1 is 1.24 bits per heavy atom. The smallest absolute Gasteiger partial charge is 0.224 e. The fraction of sp³-hybridized carbons (Fsp3) is 0.267. The molecule has 106 valence electrons. The molecular formula is C15H16N6. The number of rotatable bonds is 2. The van der Waals surface area contributed by atoms with Crippen LogP contribution in [0.3, 0.4) is 0 Å². The Kier molecular flexibility index (Phi) is 2.73. The second-order valence-corrected chi connectivity index (χ2v) is 5.32. The third kappa shape index (κ3) is 2.08. The molecule has 0 saturated heterocycles. The summed E-state index contributed by atoms with van der Waals surface area (Å²) in [5, 5.41) is 3.50. The van der Waals surface area contributed by atoms with Gasteiger partial charge in [-0.05, 0) is 30.4 Å². The number of imidazole rings is 1. The topological polar surface area (TPSA) is 92.5 Å². The summed E-state index contributed by atoms with van der Waals surface area (Å²) in [7, 11) is 0. The number of aryl methyl sites for hydroxylation is 1. The van der Waals surface area contributed by atoms with Crippen LogP contribution in [0.25, 0.3) is 11.2 Å². The van der Waals surface area contributed by atoms with E-state index in [1.165, 1.54) is 17.5 Å². The van der Waals surface area contributed by atoms with E-state index in [0.29, 0.717) is 5.65 Å². The Bertz CT molecular complexity index is 794. The van der Waals surface area contributed by atoms with E-state index in [-0.39, 0.29) is 12.0 Å². The average molecular weight is 280 g/mol. The van der Waals surface area contributed by atoms with Crippen molar-refractivity contribution in [3.05, 3.63) is 41.7 Å². The van der Waals surface area contributed by atoms with E-state index < -0.39 is 0 Å². The van der Waals surface area contributed by atoms with Crippen LogP contribution in [-0.2, 0) is 6.42 Å². The van der Waals surface area contributed by atoms with Crippen molar-refractivity contribution in [2.75, 3.05) is 11.1 Å². The summed E-state index contributed by atoms with van der Waals surface area (Å²) in [6.07, 6.45) is 5.00. The van der Waals surface area contributed by atoms with Gasteiger partial charge in [-0.25, -0.2) is 4.98 Å². The summed E-state index contributed by atoms with van der Waals surface area (Å²) in [5.41, 5.74) is 9.91. The first-order valence-corrected chi connectivity index (χ1v) is 7.12. The van der Waals surface area contributed by atoms with Crippen molar-refractivity contribution in [1.29, 1.82) is 0 Å². The quantitative estimate of drug-likeness (QED) is 0.670. The zero-order chi connectivity index (χ0) is 14.2. The van der Waals surface area contributed by atoms with Gasteiger partial charge in [0.05, 0.1) is 12.4 Å². The maximum atomic E-state index is 5.77. The van der Waals surface area contributed by atoms with Crippen LogP contribution < -0.4 is 11.1 Å². The van der Waals surface area contributed by atoms with E-state index in [9.17, 15) is 0 Å². The lowest BCUT2D eigenvalue weighted by Gasteiger charge is -2.26. The molecule has 6 heteroatoms. The highest BCUT2D eigenvalue weighted by molar-refractivity contribution is 5.83. The highest BCUT2D eigenvalue weighted by atomic mass is 15.1. The standard InChI is InChI=1S/C15H16N6/c16-15-20-13-12(17-8-18-13)14(21-15)19-11-7-3-5-9-4-1-2-6-10(9)11/h1-2,4,6,8,11H,3,5,7H2,(H4,16,17,18,19,20,21). The lowest BCUT2D eigenvalue weighted by molar-refractivity contribution is 0.599. The average Bonchev–Trinajstić information content (AvgIpc) is 2.96. The molecule has 0 radical (unpaired) electrons. The Hall–Kier alpha value is -2.63. The number of nitrogen functional groups attached to an aromatic ring is 1. The van der Waals surface area contributed by atoms with E-state index in [1.807, 2.05) is 0 Å². The number of anilines is 2. The number of hydrogen-bond acceptors (Lipinski definition) is 5. The molecule has 4 rings (SSSR count).